The van der Waals surface area contributed by atoms with Gasteiger partial charge in [-0.25, -0.2) is 0 Å². The maximum atomic E-state index is 13.5. The van der Waals surface area contributed by atoms with Crippen molar-refractivity contribution in [3.63, 3.8) is 0 Å². The van der Waals surface area contributed by atoms with Crippen molar-refractivity contribution in [2.45, 2.75) is 26.4 Å². The molecule has 7 nitrogen and oxygen atoms in total. The highest BCUT2D eigenvalue weighted by molar-refractivity contribution is 6.31. The Morgan fingerprint density at radius 2 is 2.00 bits per heavy atom. The Morgan fingerprint density at radius 3 is 2.71 bits per heavy atom. The zero-order valence-electron chi connectivity index (χ0n) is 18.7. The second kappa shape index (κ2) is 8.83. The third-order valence-corrected chi connectivity index (χ3v) is 6.39. The van der Waals surface area contributed by atoms with Gasteiger partial charge in [0, 0.05) is 35.1 Å². The monoisotopic (exact) mass is 474 g/mol. The van der Waals surface area contributed by atoms with Crippen molar-refractivity contribution in [2.24, 2.45) is 0 Å². The first-order chi connectivity index (χ1) is 16.5. The zero-order chi connectivity index (χ0) is 23.8. The Morgan fingerprint density at radius 1 is 1.21 bits per heavy atom. The van der Waals surface area contributed by atoms with Gasteiger partial charge in [0.15, 0.2) is 0 Å². The number of carbonyl (C=O) groups is 1. The van der Waals surface area contributed by atoms with Gasteiger partial charge in [-0.05, 0) is 60.9 Å². The molecule has 172 valence electrons. The fourth-order valence-corrected chi connectivity index (χ4v) is 4.53. The maximum absolute atomic E-state index is 13.5. The van der Waals surface area contributed by atoms with Crippen molar-refractivity contribution in [3.8, 4) is 22.8 Å². The van der Waals surface area contributed by atoms with Gasteiger partial charge in [-0.3, -0.25) is 14.9 Å². The fourth-order valence-electron chi connectivity index (χ4n) is 4.37. The molecule has 4 aromatic rings. The molecule has 0 spiro atoms. The number of carbonyl (C=O) groups excluding carboxylic acids is 1. The average molecular weight is 475 g/mol. The van der Waals surface area contributed by atoms with E-state index in [1.54, 1.807) is 29.4 Å². The number of aromatic nitrogens is 3. The molecule has 3 heterocycles. The molecule has 2 N–H and O–H groups in total. The second-order valence-corrected chi connectivity index (χ2v) is 8.59. The van der Waals surface area contributed by atoms with E-state index in [2.05, 4.69) is 15.2 Å². The molecule has 0 saturated heterocycles. The summed E-state index contributed by atoms with van der Waals surface area (Å²) in [6, 6.07) is 14.3. The van der Waals surface area contributed by atoms with E-state index in [0.29, 0.717) is 40.7 Å². The molecule has 0 bridgehead atoms. The Bertz CT molecular complexity index is 1350. The van der Waals surface area contributed by atoms with Crippen LogP contribution in [-0.2, 0) is 6.54 Å². The van der Waals surface area contributed by atoms with Crippen LogP contribution in [0.1, 0.15) is 45.7 Å². The van der Waals surface area contributed by atoms with E-state index in [0.717, 1.165) is 22.4 Å². The van der Waals surface area contributed by atoms with Crippen molar-refractivity contribution in [2.75, 3.05) is 6.61 Å². The van der Waals surface area contributed by atoms with Crippen LogP contribution in [0.2, 0.25) is 5.02 Å². The van der Waals surface area contributed by atoms with Gasteiger partial charge in [0.25, 0.3) is 5.91 Å². The number of hydrogen-bond donors (Lipinski definition) is 2. The molecule has 0 radical (unpaired) electrons. The SMILES string of the molecule is CCOc1ccc([C@@H]2c3c(-c4cc(Cl)c(C)cc4O)n[nH]c3C(=O)N2Cc2cccnc2)cc1. The van der Waals surface area contributed by atoms with Gasteiger partial charge in [0.1, 0.15) is 22.9 Å². The van der Waals surface area contributed by atoms with Gasteiger partial charge in [0.05, 0.1) is 12.6 Å². The topological polar surface area (TPSA) is 91.3 Å². The predicted molar refractivity (Wildman–Crippen MR) is 129 cm³/mol. The molecule has 2 aromatic heterocycles. The highest BCUT2D eigenvalue weighted by Crippen LogP contribution is 2.46. The molecule has 1 atom stereocenters. The van der Waals surface area contributed by atoms with Crippen LogP contribution in [0.25, 0.3) is 11.3 Å². The number of phenolic OH excluding ortho intramolecular Hbond substituents is 1. The van der Waals surface area contributed by atoms with Crippen LogP contribution < -0.4 is 4.74 Å². The molecule has 0 aliphatic carbocycles. The lowest BCUT2D eigenvalue weighted by Crippen LogP contribution is -2.29. The van der Waals surface area contributed by atoms with E-state index >= 15 is 0 Å². The number of amides is 1. The highest BCUT2D eigenvalue weighted by Gasteiger charge is 2.42. The van der Waals surface area contributed by atoms with Crippen molar-refractivity contribution < 1.29 is 14.6 Å². The van der Waals surface area contributed by atoms with Gasteiger partial charge >= 0.3 is 0 Å². The minimum atomic E-state index is -0.424. The third-order valence-electron chi connectivity index (χ3n) is 5.98. The number of fused-ring (bicyclic) bond motifs is 1. The molecule has 1 amide bonds. The van der Waals surface area contributed by atoms with Crippen LogP contribution in [0.15, 0.2) is 60.9 Å². The number of halogens is 1. The summed E-state index contributed by atoms with van der Waals surface area (Å²) in [7, 11) is 0. The number of rotatable bonds is 6. The summed E-state index contributed by atoms with van der Waals surface area (Å²) < 4.78 is 5.60. The first kappa shape index (κ1) is 22.0. The molecule has 0 saturated carbocycles. The van der Waals surface area contributed by atoms with Gasteiger partial charge < -0.3 is 14.7 Å². The average Bonchev–Trinajstić information content (AvgIpc) is 3.37. The molecule has 2 aromatic carbocycles. The number of pyridine rings is 1. The normalized spacial score (nSPS) is 15.0. The van der Waals surface area contributed by atoms with Crippen molar-refractivity contribution in [1.82, 2.24) is 20.1 Å². The summed E-state index contributed by atoms with van der Waals surface area (Å²) in [6.07, 6.45) is 3.45. The lowest BCUT2D eigenvalue weighted by Gasteiger charge is -2.26. The summed E-state index contributed by atoms with van der Waals surface area (Å²) in [4.78, 5) is 19.5. The number of ether oxygens (including phenoxy) is 1. The number of nitrogens with zero attached hydrogens (tertiary/aromatic N) is 3. The summed E-state index contributed by atoms with van der Waals surface area (Å²) in [5, 5.41) is 18.5. The van der Waals surface area contributed by atoms with Crippen LogP contribution >= 0.6 is 11.6 Å². The van der Waals surface area contributed by atoms with Gasteiger partial charge in [-0.1, -0.05) is 29.8 Å². The third kappa shape index (κ3) is 3.78. The summed E-state index contributed by atoms with van der Waals surface area (Å²) >= 11 is 6.37. The van der Waals surface area contributed by atoms with E-state index in [4.69, 9.17) is 16.3 Å². The minimum absolute atomic E-state index is 0.0554. The number of benzene rings is 2. The first-order valence-corrected chi connectivity index (χ1v) is 11.4. The maximum Gasteiger partial charge on any atom is 0.273 e. The van der Waals surface area contributed by atoms with E-state index < -0.39 is 6.04 Å². The van der Waals surface area contributed by atoms with E-state index in [1.165, 1.54) is 0 Å². The Balaban J connectivity index is 1.65. The number of hydrogen-bond acceptors (Lipinski definition) is 5. The Labute approximate surface area is 202 Å². The van der Waals surface area contributed by atoms with Gasteiger partial charge in [0.2, 0.25) is 0 Å². The molecule has 0 fully saturated rings. The smallest absolute Gasteiger partial charge is 0.273 e. The minimum Gasteiger partial charge on any atom is -0.507 e. The van der Waals surface area contributed by atoms with Crippen molar-refractivity contribution >= 4 is 17.5 Å². The molecule has 34 heavy (non-hydrogen) atoms. The lowest BCUT2D eigenvalue weighted by molar-refractivity contribution is 0.0730. The molecular weight excluding hydrogens is 452 g/mol. The number of phenols is 1. The van der Waals surface area contributed by atoms with Crippen LogP contribution in [0.5, 0.6) is 11.5 Å². The lowest BCUT2D eigenvalue weighted by atomic mass is 9.95. The highest BCUT2D eigenvalue weighted by atomic mass is 35.5. The molecule has 8 heteroatoms. The van der Waals surface area contributed by atoms with E-state index in [9.17, 15) is 9.90 Å². The largest absolute Gasteiger partial charge is 0.507 e. The number of aromatic hydroxyl groups is 1. The molecule has 1 aliphatic heterocycles. The quantitative estimate of drug-likeness (QED) is 0.396. The predicted octanol–water partition coefficient (Wildman–Crippen LogP) is 5.28. The molecule has 1 aliphatic rings. The zero-order valence-corrected chi connectivity index (χ0v) is 19.5. The van der Waals surface area contributed by atoms with Crippen LogP contribution in [-0.4, -0.2) is 37.7 Å². The summed E-state index contributed by atoms with van der Waals surface area (Å²) in [6.45, 7) is 4.69. The number of H-pyrrole nitrogens is 1. The van der Waals surface area contributed by atoms with Gasteiger partial charge in [-0.15, -0.1) is 0 Å². The van der Waals surface area contributed by atoms with Crippen LogP contribution in [0.3, 0.4) is 0 Å². The number of aryl methyl sites for hydroxylation is 1. The molecule has 5 rings (SSSR count). The van der Waals surface area contributed by atoms with Crippen molar-refractivity contribution in [3.05, 3.63) is 93.9 Å². The molecular formula is C26H23ClN4O3. The van der Waals surface area contributed by atoms with Gasteiger partial charge in [-0.2, -0.15) is 5.10 Å². The number of nitrogens with one attached hydrogen (secondary N) is 1. The van der Waals surface area contributed by atoms with E-state index in [1.807, 2.05) is 50.2 Å². The Hall–Kier alpha value is -3.84. The van der Waals surface area contributed by atoms with E-state index in [-0.39, 0.29) is 11.7 Å². The number of aromatic amines is 1. The molecule has 0 unspecified atom stereocenters. The van der Waals surface area contributed by atoms with Crippen molar-refractivity contribution in [1.29, 1.82) is 0 Å². The Kier molecular flexibility index (Phi) is 5.71. The fraction of sp³-hybridized carbons (Fsp3) is 0.192. The van der Waals surface area contributed by atoms with Crippen LogP contribution in [0.4, 0.5) is 0 Å². The summed E-state index contributed by atoms with van der Waals surface area (Å²) in [5.74, 6) is 0.638. The first-order valence-electron chi connectivity index (χ1n) is 11.0. The standard InChI is InChI=1S/C26H23ClN4O3/c1-3-34-18-8-6-17(7-9-18)25-22-23(19-12-20(27)15(2)11-21(19)32)29-30-24(22)26(33)31(25)14-16-5-4-10-28-13-16/h4-13,25,32H,3,14H2,1-2H3,(H,29,30)/t25-/m1/s1. The second-order valence-electron chi connectivity index (χ2n) is 8.18. The summed E-state index contributed by atoms with van der Waals surface area (Å²) in [5.41, 5.74) is 4.64. The van der Waals surface area contributed by atoms with Crippen LogP contribution in [0, 0.1) is 6.92 Å².